The van der Waals surface area contributed by atoms with E-state index in [2.05, 4.69) is 19.2 Å². The number of carbonyl (C=O) groups is 1. The lowest BCUT2D eigenvalue weighted by atomic mass is 10.1. The maximum Gasteiger partial charge on any atom is 0.308 e. The smallest absolute Gasteiger partial charge is 0.308 e. The molecule has 0 saturated heterocycles. The van der Waals surface area contributed by atoms with Crippen molar-refractivity contribution in [1.29, 1.82) is 0 Å². The summed E-state index contributed by atoms with van der Waals surface area (Å²) >= 11 is 4.06. The maximum atomic E-state index is 10.5. The summed E-state index contributed by atoms with van der Waals surface area (Å²) in [6.07, 6.45) is 2.35. The Labute approximate surface area is 112 Å². The molecule has 1 atom stereocenters. The first-order valence-corrected chi connectivity index (χ1v) is 5.92. The summed E-state index contributed by atoms with van der Waals surface area (Å²) in [6, 6.07) is 5.45. The minimum atomic E-state index is -0.961. The van der Waals surface area contributed by atoms with E-state index in [4.69, 9.17) is 14.6 Å². The van der Waals surface area contributed by atoms with E-state index in [0.717, 1.165) is 12.0 Å². The predicted octanol–water partition coefficient (Wildman–Crippen LogP) is 2.53. The average molecular weight is 268 g/mol. The zero-order valence-electron chi connectivity index (χ0n) is 10.1. The fraction of sp³-hybridized carbons (Fsp3) is 0.308. The van der Waals surface area contributed by atoms with E-state index in [9.17, 15) is 4.79 Å². The van der Waals surface area contributed by atoms with Gasteiger partial charge in [0, 0.05) is 0 Å². The molecule has 5 heteroatoms. The van der Waals surface area contributed by atoms with E-state index in [1.54, 1.807) is 12.1 Å². The van der Waals surface area contributed by atoms with Crippen LogP contribution in [0.4, 0.5) is 0 Å². The molecule has 98 valence electrons. The number of allylic oxidation sites excluding steroid dienone is 1. The summed E-state index contributed by atoms with van der Waals surface area (Å²) in [5.74, 6) is 0.0718. The second-order valence-corrected chi connectivity index (χ2v) is 4.22. The van der Waals surface area contributed by atoms with E-state index in [-0.39, 0.29) is 6.42 Å². The van der Waals surface area contributed by atoms with Crippen molar-refractivity contribution in [1.82, 2.24) is 0 Å². The van der Waals surface area contributed by atoms with Crippen LogP contribution in [-0.4, -0.2) is 23.6 Å². The topological polar surface area (TPSA) is 55.8 Å². The van der Waals surface area contributed by atoms with Crippen LogP contribution in [0.15, 0.2) is 30.9 Å². The van der Waals surface area contributed by atoms with Crippen molar-refractivity contribution >= 4 is 18.6 Å². The fourth-order valence-electron chi connectivity index (χ4n) is 1.44. The Bertz CT molecular complexity index is 431. The molecule has 1 unspecified atom stereocenters. The third kappa shape index (κ3) is 4.33. The molecule has 0 heterocycles. The minimum absolute atomic E-state index is 0.180. The van der Waals surface area contributed by atoms with Crippen LogP contribution in [0.5, 0.6) is 11.5 Å². The molecule has 0 aromatic heterocycles. The van der Waals surface area contributed by atoms with Gasteiger partial charge in [-0.1, -0.05) is 12.1 Å². The lowest BCUT2D eigenvalue weighted by molar-refractivity contribution is -0.137. The minimum Gasteiger partial charge on any atom is -0.493 e. The van der Waals surface area contributed by atoms with Crippen molar-refractivity contribution in [2.24, 2.45) is 0 Å². The van der Waals surface area contributed by atoms with Crippen molar-refractivity contribution in [3.8, 4) is 11.5 Å². The summed E-state index contributed by atoms with van der Waals surface area (Å²) in [6.45, 7) is 3.67. The van der Waals surface area contributed by atoms with Gasteiger partial charge in [0.25, 0.3) is 0 Å². The maximum absolute atomic E-state index is 10.5. The van der Waals surface area contributed by atoms with E-state index < -0.39 is 11.4 Å². The number of hydrogen-bond acceptors (Lipinski definition) is 4. The highest BCUT2D eigenvalue weighted by Crippen LogP contribution is 2.30. The highest BCUT2D eigenvalue weighted by atomic mass is 32.1. The Morgan fingerprint density at radius 3 is 2.83 bits per heavy atom. The van der Waals surface area contributed by atoms with Gasteiger partial charge in [0.15, 0.2) is 16.9 Å². The molecule has 1 aromatic carbocycles. The van der Waals surface area contributed by atoms with Crippen LogP contribution in [0.3, 0.4) is 0 Å². The van der Waals surface area contributed by atoms with Gasteiger partial charge in [0.05, 0.1) is 13.5 Å². The molecule has 0 spiro atoms. The number of carboxylic acids is 1. The number of methoxy groups -OCH3 is 1. The monoisotopic (exact) mass is 268 g/mol. The number of ether oxygens (including phenoxy) is 2. The Morgan fingerprint density at radius 2 is 2.28 bits per heavy atom. The molecule has 0 amide bonds. The van der Waals surface area contributed by atoms with Gasteiger partial charge in [-0.25, -0.2) is 0 Å². The third-order valence-electron chi connectivity index (χ3n) is 2.22. The SMILES string of the molecule is C=CCc1ccc(OC(S)CC(=O)O)c(OC)c1. The fourth-order valence-corrected chi connectivity index (χ4v) is 1.71. The summed E-state index contributed by atoms with van der Waals surface area (Å²) in [5.41, 5.74) is 0.338. The number of carboxylic acid groups (broad SMARTS) is 1. The van der Waals surface area contributed by atoms with Crippen molar-refractivity contribution < 1.29 is 19.4 Å². The van der Waals surface area contributed by atoms with Crippen LogP contribution in [0.25, 0.3) is 0 Å². The molecule has 0 fully saturated rings. The van der Waals surface area contributed by atoms with Gasteiger partial charge in [-0.15, -0.1) is 19.2 Å². The van der Waals surface area contributed by atoms with Crippen molar-refractivity contribution in [2.75, 3.05) is 7.11 Å². The highest BCUT2D eigenvalue weighted by molar-refractivity contribution is 7.80. The van der Waals surface area contributed by atoms with E-state index in [1.807, 2.05) is 12.1 Å². The molecule has 0 radical (unpaired) electrons. The van der Waals surface area contributed by atoms with Gasteiger partial charge in [-0.3, -0.25) is 4.79 Å². The highest BCUT2D eigenvalue weighted by Gasteiger charge is 2.13. The predicted molar refractivity (Wildman–Crippen MR) is 72.5 cm³/mol. The Morgan fingerprint density at radius 1 is 1.56 bits per heavy atom. The summed E-state index contributed by atoms with van der Waals surface area (Å²) < 4.78 is 10.6. The van der Waals surface area contributed by atoms with Crippen molar-refractivity contribution in [2.45, 2.75) is 18.3 Å². The molecule has 1 rings (SSSR count). The molecule has 0 saturated carbocycles. The van der Waals surface area contributed by atoms with Gasteiger partial charge < -0.3 is 14.6 Å². The van der Waals surface area contributed by atoms with Gasteiger partial charge >= 0.3 is 5.97 Å². The number of aliphatic carboxylic acids is 1. The number of rotatable bonds is 7. The first-order valence-electron chi connectivity index (χ1n) is 5.41. The first-order chi connectivity index (χ1) is 8.56. The van der Waals surface area contributed by atoms with Crippen molar-refractivity contribution in [3.05, 3.63) is 36.4 Å². The number of thiol groups is 1. The van der Waals surface area contributed by atoms with E-state index in [0.29, 0.717) is 11.5 Å². The quantitative estimate of drug-likeness (QED) is 0.453. The zero-order valence-corrected chi connectivity index (χ0v) is 11.0. The molecule has 0 bridgehead atoms. The average Bonchev–Trinajstić information content (AvgIpc) is 2.30. The largest absolute Gasteiger partial charge is 0.493 e. The number of benzene rings is 1. The normalized spacial score (nSPS) is 11.7. The lowest BCUT2D eigenvalue weighted by Gasteiger charge is -2.15. The first kappa shape index (κ1) is 14.4. The summed E-state index contributed by atoms with van der Waals surface area (Å²) in [4.78, 5) is 10.5. The summed E-state index contributed by atoms with van der Waals surface area (Å²) in [5, 5.41) is 8.63. The second kappa shape index (κ2) is 6.96. The Balaban J connectivity index is 2.81. The molecule has 18 heavy (non-hydrogen) atoms. The van der Waals surface area contributed by atoms with E-state index >= 15 is 0 Å². The van der Waals surface area contributed by atoms with Crippen LogP contribution >= 0.6 is 12.6 Å². The molecule has 4 nitrogen and oxygen atoms in total. The molecule has 1 N–H and O–H groups in total. The Kier molecular flexibility index (Phi) is 5.58. The standard InChI is InChI=1S/C13H16O4S/c1-3-4-9-5-6-10(11(7-9)16-2)17-13(18)8-12(14)15/h3,5-7,13,18H,1,4,8H2,2H3,(H,14,15). The molecule has 0 aliphatic heterocycles. The number of hydrogen-bond donors (Lipinski definition) is 2. The molecule has 1 aromatic rings. The molecule has 0 aliphatic carbocycles. The molecule has 0 aliphatic rings. The van der Waals surface area contributed by atoms with E-state index in [1.165, 1.54) is 7.11 Å². The summed E-state index contributed by atoms with van der Waals surface area (Å²) in [7, 11) is 1.53. The lowest BCUT2D eigenvalue weighted by Crippen LogP contribution is -2.14. The third-order valence-corrected chi connectivity index (χ3v) is 2.51. The zero-order chi connectivity index (χ0) is 13.5. The van der Waals surface area contributed by atoms with Gasteiger partial charge in [-0.2, -0.15) is 0 Å². The van der Waals surface area contributed by atoms with Gasteiger partial charge in [0.2, 0.25) is 0 Å². The van der Waals surface area contributed by atoms with Crippen LogP contribution in [0.2, 0.25) is 0 Å². The van der Waals surface area contributed by atoms with Crippen LogP contribution < -0.4 is 9.47 Å². The van der Waals surface area contributed by atoms with Gasteiger partial charge in [-0.05, 0) is 24.1 Å². The van der Waals surface area contributed by atoms with Crippen LogP contribution in [0, 0.1) is 0 Å². The van der Waals surface area contributed by atoms with Crippen molar-refractivity contribution in [3.63, 3.8) is 0 Å². The molecular formula is C13H16O4S. The second-order valence-electron chi connectivity index (χ2n) is 3.65. The molecular weight excluding hydrogens is 252 g/mol. The van der Waals surface area contributed by atoms with Crippen LogP contribution in [0.1, 0.15) is 12.0 Å². The Hall–Kier alpha value is -1.62. The van der Waals surface area contributed by atoms with Gasteiger partial charge in [0.1, 0.15) is 0 Å². The van der Waals surface area contributed by atoms with Crippen LogP contribution in [-0.2, 0) is 11.2 Å².